The van der Waals surface area contributed by atoms with Gasteiger partial charge in [0.15, 0.2) is 0 Å². The second kappa shape index (κ2) is 7.87. The van der Waals surface area contributed by atoms with Gasteiger partial charge in [0.2, 0.25) is 0 Å². The Morgan fingerprint density at radius 1 is 1.33 bits per heavy atom. The van der Waals surface area contributed by atoms with Crippen molar-refractivity contribution in [3.63, 3.8) is 0 Å². The molecule has 4 heteroatoms. The summed E-state index contributed by atoms with van der Waals surface area (Å²) in [4.78, 5) is 6.87. The van der Waals surface area contributed by atoms with Gasteiger partial charge in [-0.25, -0.2) is 0 Å². The summed E-state index contributed by atoms with van der Waals surface area (Å²) in [6.45, 7) is 9.22. The predicted molar refractivity (Wildman–Crippen MR) is 86.3 cm³/mol. The molecule has 0 radical (unpaired) electrons. The summed E-state index contributed by atoms with van der Waals surface area (Å²) in [5.41, 5.74) is 2.21. The molecule has 0 bridgehead atoms. The van der Waals surface area contributed by atoms with Crippen LogP contribution in [0.15, 0.2) is 18.2 Å². The third-order valence-electron chi connectivity index (χ3n) is 3.84. The zero-order chi connectivity index (χ0) is 15.2. The van der Waals surface area contributed by atoms with Crippen LogP contribution in [0.2, 0.25) is 0 Å². The second-order valence-corrected chi connectivity index (χ2v) is 6.49. The largest absolute Gasteiger partial charge is 0.372 e. The summed E-state index contributed by atoms with van der Waals surface area (Å²) >= 11 is 0. The first-order valence-electron chi connectivity index (χ1n) is 8.03. The van der Waals surface area contributed by atoms with Crippen molar-refractivity contribution in [2.75, 3.05) is 20.1 Å². The molecule has 4 nitrogen and oxygen atoms in total. The maximum Gasteiger partial charge on any atom is 0.0707 e. The van der Waals surface area contributed by atoms with Crippen LogP contribution in [-0.2, 0) is 11.3 Å². The van der Waals surface area contributed by atoms with Gasteiger partial charge in [0.05, 0.1) is 17.9 Å². The summed E-state index contributed by atoms with van der Waals surface area (Å²) in [5.74, 6) is 0. The number of rotatable bonds is 7. The molecule has 0 spiro atoms. The van der Waals surface area contributed by atoms with E-state index in [1.54, 1.807) is 0 Å². The molecule has 1 aromatic rings. The number of hydrogen-bond acceptors (Lipinski definition) is 4. The van der Waals surface area contributed by atoms with Crippen molar-refractivity contribution in [3.8, 4) is 0 Å². The van der Waals surface area contributed by atoms with Gasteiger partial charge in [-0.05, 0) is 38.9 Å². The Morgan fingerprint density at radius 3 is 2.81 bits per heavy atom. The smallest absolute Gasteiger partial charge is 0.0707 e. The quantitative estimate of drug-likeness (QED) is 0.837. The Morgan fingerprint density at radius 2 is 2.10 bits per heavy atom. The number of hydrogen-bond donors (Lipinski definition) is 1. The van der Waals surface area contributed by atoms with Gasteiger partial charge in [0.25, 0.3) is 0 Å². The maximum atomic E-state index is 6.12. The lowest BCUT2D eigenvalue weighted by molar-refractivity contribution is 0.0257. The molecule has 1 N–H and O–H groups in total. The van der Waals surface area contributed by atoms with Gasteiger partial charge in [0, 0.05) is 31.4 Å². The molecule has 1 saturated heterocycles. The van der Waals surface area contributed by atoms with Crippen molar-refractivity contribution in [1.82, 2.24) is 15.2 Å². The van der Waals surface area contributed by atoms with E-state index in [0.29, 0.717) is 18.2 Å². The molecule has 1 aliphatic rings. The third kappa shape index (κ3) is 5.73. The molecule has 2 heterocycles. The Kier molecular flexibility index (Phi) is 6.15. The Balaban J connectivity index is 1.72. The fourth-order valence-electron chi connectivity index (χ4n) is 2.81. The van der Waals surface area contributed by atoms with Gasteiger partial charge in [0.1, 0.15) is 0 Å². The van der Waals surface area contributed by atoms with E-state index in [2.05, 4.69) is 48.2 Å². The first-order chi connectivity index (χ1) is 10.0. The highest BCUT2D eigenvalue weighted by Gasteiger charge is 2.26. The Labute approximate surface area is 128 Å². The van der Waals surface area contributed by atoms with Gasteiger partial charge in [-0.3, -0.25) is 9.88 Å². The van der Waals surface area contributed by atoms with E-state index in [1.165, 1.54) is 6.42 Å². The topological polar surface area (TPSA) is 37.4 Å². The van der Waals surface area contributed by atoms with Crippen LogP contribution >= 0.6 is 0 Å². The zero-order valence-electron chi connectivity index (χ0n) is 13.8. The fourth-order valence-corrected chi connectivity index (χ4v) is 2.81. The fraction of sp³-hybridized carbons (Fsp3) is 0.706. The van der Waals surface area contributed by atoms with Gasteiger partial charge < -0.3 is 10.1 Å². The highest BCUT2D eigenvalue weighted by molar-refractivity contribution is 5.09. The predicted octanol–water partition coefficient (Wildman–Crippen LogP) is 2.37. The SMILES string of the molecule is Cc1cccc(CN(C)CC2CCC(CNC(C)C)O2)n1. The molecule has 21 heavy (non-hydrogen) atoms. The molecule has 0 amide bonds. The number of likely N-dealkylation sites (N-methyl/N-ethyl adjacent to an activating group) is 1. The van der Waals surface area contributed by atoms with Crippen LogP contribution in [0.5, 0.6) is 0 Å². The van der Waals surface area contributed by atoms with Gasteiger partial charge in [-0.15, -0.1) is 0 Å². The van der Waals surface area contributed by atoms with Crippen molar-refractivity contribution in [2.24, 2.45) is 0 Å². The summed E-state index contributed by atoms with van der Waals surface area (Å²) < 4.78 is 6.12. The number of aromatic nitrogens is 1. The number of aryl methyl sites for hydroxylation is 1. The molecule has 1 aromatic heterocycles. The van der Waals surface area contributed by atoms with E-state index < -0.39 is 0 Å². The summed E-state index contributed by atoms with van der Waals surface area (Å²) in [7, 11) is 2.15. The Bertz CT molecular complexity index is 436. The van der Waals surface area contributed by atoms with E-state index in [9.17, 15) is 0 Å². The average Bonchev–Trinajstić information content (AvgIpc) is 2.83. The minimum absolute atomic E-state index is 0.360. The molecule has 2 rings (SSSR count). The number of nitrogens with one attached hydrogen (secondary N) is 1. The van der Waals surface area contributed by atoms with Crippen LogP contribution in [0.25, 0.3) is 0 Å². The van der Waals surface area contributed by atoms with Crippen molar-refractivity contribution in [2.45, 2.75) is 58.4 Å². The lowest BCUT2D eigenvalue weighted by Gasteiger charge is -2.21. The minimum atomic E-state index is 0.360. The van der Waals surface area contributed by atoms with Gasteiger partial charge >= 0.3 is 0 Å². The maximum absolute atomic E-state index is 6.12. The van der Waals surface area contributed by atoms with Crippen LogP contribution in [0, 0.1) is 6.92 Å². The first-order valence-corrected chi connectivity index (χ1v) is 8.03. The molecule has 1 fully saturated rings. The van der Waals surface area contributed by atoms with Crippen molar-refractivity contribution >= 4 is 0 Å². The highest BCUT2D eigenvalue weighted by Crippen LogP contribution is 2.20. The zero-order valence-corrected chi connectivity index (χ0v) is 13.8. The van der Waals surface area contributed by atoms with Crippen LogP contribution in [0.4, 0.5) is 0 Å². The Hall–Kier alpha value is -0.970. The van der Waals surface area contributed by atoms with Crippen LogP contribution < -0.4 is 5.32 Å². The summed E-state index contributed by atoms with van der Waals surface area (Å²) in [6.07, 6.45) is 3.07. The third-order valence-corrected chi connectivity index (χ3v) is 3.84. The van der Waals surface area contributed by atoms with E-state index in [-0.39, 0.29) is 0 Å². The lowest BCUT2D eigenvalue weighted by Crippen LogP contribution is -2.34. The normalized spacial score (nSPS) is 22.4. The molecular weight excluding hydrogens is 262 g/mol. The average molecular weight is 291 g/mol. The molecule has 2 atom stereocenters. The molecule has 0 aliphatic carbocycles. The molecule has 0 saturated carbocycles. The van der Waals surface area contributed by atoms with Crippen LogP contribution in [0.3, 0.4) is 0 Å². The number of nitrogens with zero attached hydrogens (tertiary/aromatic N) is 2. The van der Waals surface area contributed by atoms with Crippen molar-refractivity contribution in [1.29, 1.82) is 0 Å². The van der Waals surface area contributed by atoms with Gasteiger partial charge in [-0.1, -0.05) is 19.9 Å². The highest BCUT2D eigenvalue weighted by atomic mass is 16.5. The van der Waals surface area contributed by atoms with Gasteiger partial charge in [-0.2, -0.15) is 0 Å². The van der Waals surface area contributed by atoms with E-state index in [0.717, 1.165) is 37.4 Å². The molecule has 2 unspecified atom stereocenters. The first kappa shape index (κ1) is 16.4. The number of ether oxygens (including phenoxy) is 1. The van der Waals surface area contributed by atoms with E-state index >= 15 is 0 Å². The van der Waals surface area contributed by atoms with E-state index in [1.807, 2.05) is 13.0 Å². The second-order valence-electron chi connectivity index (χ2n) is 6.49. The summed E-state index contributed by atoms with van der Waals surface area (Å²) in [5, 5.41) is 3.46. The molecule has 1 aliphatic heterocycles. The van der Waals surface area contributed by atoms with Crippen LogP contribution in [0.1, 0.15) is 38.1 Å². The minimum Gasteiger partial charge on any atom is -0.372 e. The van der Waals surface area contributed by atoms with Crippen molar-refractivity contribution in [3.05, 3.63) is 29.6 Å². The lowest BCUT2D eigenvalue weighted by atomic mass is 10.2. The molecule has 118 valence electrons. The standard InChI is InChI=1S/C17H29N3O/c1-13(2)18-10-16-8-9-17(21-16)12-20(4)11-15-7-5-6-14(3)19-15/h5-7,13,16-18H,8-12H2,1-4H3. The molecule has 0 aromatic carbocycles. The number of pyridine rings is 1. The summed E-state index contributed by atoms with van der Waals surface area (Å²) in [6, 6.07) is 6.73. The van der Waals surface area contributed by atoms with Crippen LogP contribution in [-0.4, -0.2) is 48.3 Å². The molecular formula is C17H29N3O. The van der Waals surface area contributed by atoms with E-state index in [4.69, 9.17) is 4.74 Å². The monoisotopic (exact) mass is 291 g/mol. The van der Waals surface area contributed by atoms with Crippen molar-refractivity contribution < 1.29 is 4.74 Å².